The van der Waals surface area contributed by atoms with Crippen LogP contribution in [0.5, 0.6) is 0 Å². The highest BCUT2D eigenvalue weighted by Crippen LogP contribution is 2.36. The van der Waals surface area contributed by atoms with Crippen LogP contribution >= 0.6 is 11.3 Å². The van der Waals surface area contributed by atoms with Gasteiger partial charge in [0.15, 0.2) is 0 Å². The van der Waals surface area contributed by atoms with E-state index in [9.17, 15) is 9.18 Å². The van der Waals surface area contributed by atoms with Gasteiger partial charge in [-0.3, -0.25) is 9.69 Å². The predicted octanol–water partition coefficient (Wildman–Crippen LogP) is 4.77. The maximum Gasteiger partial charge on any atom is 0.270 e. The summed E-state index contributed by atoms with van der Waals surface area (Å²) in [4.78, 5) is 30.0. The molecule has 3 atom stereocenters. The Morgan fingerprint density at radius 2 is 1.91 bits per heavy atom. The first kappa shape index (κ1) is 23.1. The van der Waals surface area contributed by atoms with Crippen LogP contribution in [-0.2, 0) is 7.05 Å². The Labute approximate surface area is 206 Å². The van der Waals surface area contributed by atoms with Crippen molar-refractivity contribution >= 4 is 33.9 Å². The summed E-state index contributed by atoms with van der Waals surface area (Å²) in [5, 5.41) is 2.93. The Hall–Kier alpha value is -3.61. The monoisotopic (exact) mass is 488 g/mol. The van der Waals surface area contributed by atoms with E-state index in [-0.39, 0.29) is 29.5 Å². The summed E-state index contributed by atoms with van der Waals surface area (Å²) >= 11 is 1.59. The summed E-state index contributed by atoms with van der Waals surface area (Å²) in [7, 11) is 1.72. The van der Waals surface area contributed by atoms with Crippen LogP contribution in [0.15, 0.2) is 58.8 Å². The van der Waals surface area contributed by atoms with E-state index in [0.29, 0.717) is 29.9 Å². The van der Waals surface area contributed by atoms with Gasteiger partial charge in [-0.2, -0.15) is 0 Å². The van der Waals surface area contributed by atoms with Crippen molar-refractivity contribution in [2.45, 2.75) is 32.0 Å². The van der Waals surface area contributed by atoms with Crippen LogP contribution in [-0.4, -0.2) is 44.6 Å². The molecule has 9 heteroatoms. The number of benzene rings is 1. The van der Waals surface area contributed by atoms with Gasteiger partial charge in [-0.1, -0.05) is 18.7 Å². The van der Waals surface area contributed by atoms with Crippen molar-refractivity contribution in [1.29, 1.82) is 0 Å². The lowest BCUT2D eigenvalue weighted by atomic mass is 9.99. The number of hydrogen-bond acceptors (Lipinski definition) is 6. The Morgan fingerprint density at radius 1 is 1.14 bits per heavy atom. The molecule has 0 bridgehead atoms. The van der Waals surface area contributed by atoms with Crippen molar-refractivity contribution < 1.29 is 4.39 Å². The highest BCUT2D eigenvalue weighted by atomic mass is 32.1. The lowest BCUT2D eigenvalue weighted by Crippen LogP contribution is -2.57. The summed E-state index contributed by atoms with van der Waals surface area (Å²) in [6.45, 7) is 13.0. The molecule has 1 unspecified atom stereocenters. The molecule has 35 heavy (non-hydrogen) atoms. The summed E-state index contributed by atoms with van der Waals surface area (Å²) in [6.07, 6.45) is 1.80. The number of fused-ring (bicyclic) bond motifs is 1. The number of rotatable bonds is 4. The van der Waals surface area contributed by atoms with Gasteiger partial charge in [-0.15, -0.1) is 16.3 Å². The summed E-state index contributed by atoms with van der Waals surface area (Å²) in [5.41, 5.74) is 2.99. The second-order valence-electron chi connectivity index (χ2n) is 8.95. The average molecular weight is 489 g/mol. The van der Waals surface area contributed by atoms with Crippen molar-refractivity contribution in [2.24, 2.45) is 7.05 Å². The molecule has 4 heterocycles. The van der Waals surface area contributed by atoms with E-state index in [2.05, 4.69) is 38.5 Å². The molecule has 0 amide bonds. The molecule has 0 radical (unpaired) electrons. The van der Waals surface area contributed by atoms with E-state index >= 15 is 0 Å². The van der Waals surface area contributed by atoms with Crippen molar-refractivity contribution in [3.05, 3.63) is 92.2 Å². The fraction of sp³-hybridized carbons (Fsp3) is 0.308. The van der Waals surface area contributed by atoms with E-state index < -0.39 is 0 Å². The Bertz CT molecular complexity index is 1460. The fourth-order valence-electron chi connectivity index (χ4n) is 4.92. The molecule has 1 fully saturated rings. The first-order valence-electron chi connectivity index (χ1n) is 11.4. The molecule has 4 aromatic rings. The maximum absolute atomic E-state index is 13.7. The number of aryl methyl sites for hydroxylation is 1. The quantitative estimate of drug-likeness (QED) is 0.388. The lowest BCUT2D eigenvalue weighted by molar-refractivity contribution is 0.130. The SMILES string of the molecule is [C-]#[N+]c1ccc2c(n1)c(N1C[C@@H](C)N(C(c3ccc(F)cc3)c3nccs3)C[C@@H]1C)cc(=O)n2C. The Kier molecular flexibility index (Phi) is 6.09. The molecule has 1 saturated heterocycles. The summed E-state index contributed by atoms with van der Waals surface area (Å²) < 4.78 is 15.2. The first-order chi connectivity index (χ1) is 16.9. The molecule has 0 spiro atoms. The molecule has 7 nitrogen and oxygen atoms in total. The second kappa shape index (κ2) is 9.21. The van der Waals surface area contributed by atoms with Crippen LogP contribution < -0.4 is 10.5 Å². The predicted molar refractivity (Wildman–Crippen MR) is 137 cm³/mol. The molecule has 3 aromatic heterocycles. The number of anilines is 1. The zero-order valence-electron chi connectivity index (χ0n) is 19.7. The fourth-order valence-corrected chi connectivity index (χ4v) is 5.71. The van der Waals surface area contributed by atoms with Gasteiger partial charge < -0.3 is 14.3 Å². The minimum atomic E-state index is -0.262. The minimum Gasteiger partial charge on any atom is -0.362 e. The topological polar surface area (TPSA) is 58.6 Å². The number of pyridine rings is 2. The van der Waals surface area contributed by atoms with Crippen LogP contribution in [0.25, 0.3) is 15.9 Å². The van der Waals surface area contributed by atoms with Crippen LogP contribution in [0.1, 0.15) is 30.5 Å². The summed E-state index contributed by atoms with van der Waals surface area (Å²) in [5.74, 6) is 0.0403. The third-order valence-corrected chi connectivity index (χ3v) is 7.54. The third kappa shape index (κ3) is 4.20. The lowest BCUT2D eigenvalue weighted by Gasteiger charge is -2.47. The highest BCUT2D eigenvalue weighted by Gasteiger charge is 2.37. The smallest absolute Gasteiger partial charge is 0.270 e. The molecule has 1 aliphatic heterocycles. The molecule has 0 N–H and O–H groups in total. The van der Waals surface area contributed by atoms with Crippen molar-refractivity contribution in [2.75, 3.05) is 18.0 Å². The Balaban J connectivity index is 1.54. The molecule has 5 rings (SSSR count). The van der Waals surface area contributed by atoms with Crippen LogP contribution in [0.2, 0.25) is 0 Å². The first-order valence-corrected chi connectivity index (χ1v) is 12.3. The normalized spacial score (nSPS) is 19.6. The van der Waals surface area contributed by atoms with Gasteiger partial charge >= 0.3 is 0 Å². The van der Waals surface area contributed by atoms with E-state index in [1.54, 1.807) is 47.3 Å². The number of thiazole rings is 1. The minimum absolute atomic E-state index is 0.0582. The highest BCUT2D eigenvalue weighted by molar-refractivity contribution is 7.09. The largest absolute Gasteiger partial charge is 0.362 e. The van der Waals surface area contributed by atoms with Gasteiger partial charge in [0, 0.05) is 49.9 Å². The molecule has 1 aromatic carbocycles. The number of piperazine rings is 1. The average Bonchev–Trinajstić information content (AvgIpc) is 3.39. The molecule has 0 saturated carbocycles. The van der Waals surface area contributed by atoms with E-state index in [4.69, 9.17) is 6.57 Å². The maximum atomic E-state index is 13.7. The van der Waals surface area contributed by atoms with Crippen molar-refractivity contribution in [1.82, 2.24) is 19.4 Å². The third-order valence-electron chi connectivity index (χ3n) is 6.71. The van der Waals surface area contributed by atoms with Gasteiger partial charge in [0.25, 0.3) is 11.4 Å². The van der Waals surface area contributed by atoms with Crippen LogP contribution in [0, 0.1) is 12.4 Å². The van der Waals surface area contributed by atoms with Crippen molar-refractivity contribution in [3.8, 4) is 0 Å². The molecule has 178 valence electrons. The van der Waals surface area contributed by atoms with Gasteiger partial charge in [0.05, 0.1) is 17.2 Å². The molecule has 0 aliphatic carbocycles. The number of hydrogen-bond donors (Lipinski definition) is 0. The second-order valence-corrected chi connectivity index (χ2v) is 9.87. The van der Waals surface area contributed by atoms with E-state index in [0.717, 1.165) is 16.3 Å². The van der Waals surface area contributed by atoms with Gasteiger partial charge in [0.2, 0.25) is 5.52 Å². The number of aromatic nitrogens is 3. The van der Waals surface area contributed by atoms with Crippen LogP contribution in [0.3, 0.4) is 0 Å². The zero-order chi connectivity index (χ0) is 24.7. The van der Waals surface area contributed by atoms with Gasteiger partial charge in [0.1, 0.15) is 10.8 Å². The molecular weight excluding hydrogens is 463 g/mol. The van der Waals surface area contributed by atoms with E-state index in [1.807, 2.05) is 17.5 Å². The van der Waals surface area contributed by atoms with Crippen molar-refractivity contribution in [3.63, 3.8) is 0 Å². The molecule has 1 aliphatic rings. The van der Waals surface area contributed by atoms with Gasteiger partial charge in [-0.05, 0) is 43.7 Å². The standard InChI is InChI=1S/C26H25FN6OS/c1-16-15-33(25(26-29-11-12-35-26)18-5-7-19(27)8-6-18)17(2)14-32(16)21-13-23(34)31(4)20-9-10-22(28-3)30-24(20)21/h5-13,16-17,25H,14-15H2,1-2,4H3/t16-,17+,25?/m0/s1. The van der Waals surface area contributed by atoms with E-state index in [1.165, 1.54) is 12.1 Å². The number of nitrogens with zero attached hydrogens (tertiary/aromatic N) is 6. The Morgan fingerprint density at radius 3 is 2.60 bits per heavy atom. The number of halogens is 1. The summed E-state index contributed by atoms with van der Waals surface area (Å²) in [6, 6.07) is 11.8. The van der Waals surface area contributed by atoms with Crippen LogP contribution in [0.4, 0.5) is 15.9 Å². The zero-order valence-corrected chi connectivity index (χ0v) is 20.5. The molecular formula is C26H25FN6OS. The van der Waals surface area contributed by atoms with Gasteiger partial charge in [-0.25, -0.2) is 9.37 Å².